The zero-order chi connectivity index (χ0) is 17.8. The van der Waals surface area contributed by atoms with Crippen LogP contribution in [0.15, 0.2) is 55.1 Å². The van der Waals surface area contributed by atoms with Gasteiger partial charge in [0.05, 0.1) is 5.69 Å². The van der Waals surface area contributed by atoms with Crippen LogP contribution in [0.3, 0.4) is 0 Å². The molecule has 0 saturated carbocycles. The van der Waals surface area contributed by atoms with Crippen LogP contribution in [0.1, 0.15) is 35.3 Å². The number of H-pyrrole nitrogens is 1. The van der Waals surface area contributed by atoms with Gasteiger partial charge in [-0.3, -0.25) is 19.9 Å². The predicted molar refractivity (Wildman–Crippen MR) is 98.4 cm³/mol. The predicted octanol–water partition coefficient (Wildman–Crippen LogP) is 3.10. The van der Waals surface area contributed by atoms with E-state index in [4.69, 9.17) is 0 Å². The van der Waals surface area contributed by atoms with E-state index in [0.29, 0.717) is 5.69 Å². The smallest absolute Gasteiger partial charge is 0.272 e. The highest BCUT2D eigenvalue weighted by atomic mass is 16.2. The first-order valence-corrected chi connectivity index (χ1v) is 8.97. The summed E-state index contributed by atoms with van der Waals surface area (Å²) in [5, 5.41) is 7.18. The Hall–Kier alpha value is -3.02. The minimum absolute atomic E-state index is 0.0323. The molecule has 4 heterocycles. The average molecular weight is 347 g/mol. The largest absolute Gasteiger partial charge is 0.334 e. The fourth-order valence-corrected chi connectivity index (χ4v) is 3.53. The van der Waals surface area contributed by atoms with Crippen molar-refractivity contribution in [2.75, 3.05) is 6.54 Å². The lowest BCUT2D eigenvalue weighted by atomic mass is 10.0. The number of hydrogen-bond acceptors (Lipinski definition) is 4. The van der Waals surface area contributed by atoms with E-state index in [1.165, 1.54) is 5.56 Å². The summed E-state index contributed by atoms with van der Waals surface area (Å²) in [6.07, 6.45) is 11.1. The van der Waals surface area contributed by atoms with Gasteiger partial charge in [-0.1, -0.05) is 0 Å². The van der Waals surface area contributed by atoms with E-state index in [1.54, 1.807) is 12.4 Å². The molecule has 1 saturated heterocycles. The molecule has 0 bridgehead atoms. The molecule has 1 fully saturated rings. The number of carbonyl (C=O) groups excluding carboxylic acids is 1. The van der Waals surface area contributed by atoms with Crippen molar-refractivity contribution in [3.05, 3.63) is 66.4 Å². The molecule has 0 radical (unpaired) electrons. The number of aryl methyl sites for hydroxylation is 1. The molecule has 1 amide bonds. The highest BCUT2D eigenvalue weighted by Crippen LogP contribution is 2.25. The Labute approximate surface area is 152 Å². The molecule has 3 aromatic rings. The van der Waals surface area contributed by atoms with E-state index in [0.717, 1.165) is 43.5 Å². The summed E-state index contributed by atoms with van der Waals surface area (Å²) in [7, 11) is 0. The third-order valence-corrected chi connectivity index (χ3v) is 4.92. The second-order valence-corrected chi connectivity index (χ2v) is 6.60. The molecule has 1 N–H and O–H groups in total. The third kappa shape index (κ3) is 3.49. The summed E-state index contributed by atoms with van der Waals surface area (Å²) >= 11 is 0. The molecule has 132 valence electrons. The van der Waals surface area contributed by atoms with Gasteiger partial charge in [-0.05, 0) is 61.6 Å². The highest BCUT2D eigenvalue weighted by molar-refractivity contribution is 5.93. The first-order chi connectivity index (χ1) is 12.8. The first-order valence-electron chi connectivity index (χ1n) is 8.97. The van der Waals surface area contributed by atoms with Crippen LogP contribution in [0.25, 0.3) is 11.3 Å². The lowest BCUT2D eigenvalue weighted by Crippen LogP contribution is -2.36. The second kappa shape index (κ2) is 7.47. The van der Waals surface area contributed by atoms with Crippen LogP contribution >= 0.6 is 0 Å². The maximum atomic E-state index is 12.9. The van der Waals surface area contributed by atoms with Gasteiger partial charge >= 0.3 is 0 Å². The molecular formula is C20H21N5O. The van der Waals surface area contributed by atoms with E-state index >= 15 is 0 Å². The van der Waals surface area contributed by atoms with Crippen molar-refractivity contribution in [1.29, 1.82) is 0 Å². The van der Waals surface area contributed by atoms with E-state index in [9.17, 15) is 4.79 Å². The molecule has 0 spiro atoms. The summed E-state index contributed by atoms with van der Waals surface area (Å²) < 4.78 is 0. The molecule has 0 aliphatic carbocycles. The maximum Gasteiger partial charge on any atom is 0.272 e. The summed E-state index contributed by atoms with van der Waals surface area (Å²) in [4.78, 5) is 23.1. The second-order valence-electron chi connectivity index (χ2n) is 6.60. The number of carbonyl (C=O) groups is 1. The number of amides is 1. The fraction of sp³-hybridized carbons (Fsp3) is 0.300. The topological polar surface area (TPSA) is 74.8 Å². The van der Waals surface area contributed by atoms with Crippen LogP contribution in [-0.4, -0.2) is 43.6 Å². The van der Waals surface area contributed by atoms with E-state index in [-0.39, 0.29) is 11.9 Å². The number of likely N-dealkylation sites (tertiary alicyclic amines) is 1. The molecule has 1 unspecified atom stereocenters. The number of aromatic amines is 1. The zero-order valence-electron chi connectivity index (χ0n) is 14.5. The quantitative estimate of drug-likeness (QED) is 0.769. The summed E-state index contributed by atoms with van der Waals surface area (Å²) in [6, 6.07) is 9.97. The van der Waals surface area contributed by atoms with Gasteiger partial charge in [0, 0.05) is 42.9 Å². The van der Waals surface area contributed by atoms with Gasteiger partial charge in [-0.25, -0.2) is 0 Å². The van der Waals surface area contributed by atoms with Gasteiger partial charge in [0.25, 0.3) is 5.91 Å². The Bertz CT molecular complexity index is 862. The number of rotatable bonds is 5. The van der Waals surface area contributed by atoms with Crippen LogP contribution in [0.5, 0.6) is 0 Å². The normalized spacial score (nSPS) is 16.8. The van der Waals surface area contributed by atoms with E-state index < -0.39 is 0 Å². The molecule has 6 heteroatoms. The third-order valence-electron chi connectivity index (χ3n) is 4.92. The van der Waals surface area contributed by atoms with Crippen molar-refractivity contribution >= 4 is 5.91 Å². The van der Waals surface area contributed by atoms with Crippen molar-refractivity contribution in [1.82, 2.24) is 25.1 Å². The standard InChI is InChI=1S/C20H21N5O/c26-20(19-13-18(23-24-19)16-3-1-9-22-14-16)25-12-2-4-17(25)6-5-15-7-10-21-11-8-15/h1,3,7-11,13-14,17H,2,4-6,12H2,(H,23,24). The number of nitrogens with zero attached hydrogens (tertiary/aromatic N) is 4. The van der Waals surface area contributed by atoms with E-state index in [1.807, 2.05) is 47.6 Å². The molecule has 0 aromatic carbocycles. The molecular weight excluding hydrogens is 326 g/mol. The molecule has 4 rings (SSSR count). The molecule has 3 aromatic heterocycles. The zero-order valence-corrected chi connectivity index (χ0v) is 14.5. The Morgan fingerprint density at radius 3 is 2.88 bits per heavy atom. The SMILES string of the molecule is O=C(c1cc(-c2cccnc2)n[nH]1)N1CCCC1CCc1ccncc1. The van der Waals surface area contributed by atoms with Gasteiger partial charge in [-0.15, -0.1) is 0 Å². The number of nitrogens with one attached hydrogen (secondary N) is 1. The van der Waals surface area contributed by atoms with Gasteiger partial charge < -0.3 is 4.90 Å². The minimum atomic E-state index is 0.0323. The number of aromatic nitrogens is 4. The van der Waals surface area contributed by atoms with Gasteiger partial charge in [-0.2, -0.15) is 5.10 Å². The lowest BCUT2D eigenvalue weighted by molar-refractivity contribution is 0.0724. The van der Waals surface area contributed by atoms with Crippen molar-refractivity contribution in [3.8, 4) is 11.3 Å². The highest BCUT2D eigenvalue weighted by Gasteiger charge is 2.30. The molecule has 26 heavy (non-hydrogen) atoms. The van der Waals surface area contributed by atoms with Crippen molar-refractivity contribution in [2.45, 2.75) is 31.7 Å². The summed E-state index contributed by atoms with van der Waals surface area (Å²) in [6.45, 7) is 0.807. The van der Waals surface area contributed by atoms with E-state index in [2.05, 4.69) is 20.2 Å². The molecule has 1 aliphatic heterocycles. The van der Waals surface area contributed by atoms with Crippen LogP contribution in [0.2, 0.25) is 0 Å². The Morgan fingerprint density at radius 1 is 1.19 bits per heavy atom. The maximum absolute atomic E-state index is 12.9. The molecule has 1 aliphatic rings. The molecule has 1 atom stereocenters. The van der Waals surface area contributed by atoms with Gasteiger partial charge in [0.1, 0.15) is 5.69 Å². The Morgan fingerprint density at radius 2 is 2.08 bits per heavy atom. The van der Waals surface area contributed by atoms with Crippen LogP contribution < -0.4 is 0 Å². The minimum Gasteiger partial charge on any atom is -0.334 e. The fourth-order valence-electron chi connectivity index (χ4n) is 3.53. The molecule has 6 nitrogen and oxygen atoms in total. The average Bonchev–Trinajstić information content (AvgIpc) is 3.37. The van der Waals surface area contributed by atoms with Crippen molar-refractivity contribution in [3.63, 3.8) is 0 Å². The lowest BCUT2D eigenvalue weighted by Gasteiger charge is -2.24. The van der Waals surface area contributed by atoms with Gasteiger partial charge in [0.15, 0.2) is 0 Å². The monoisotopic (exact) mass is 347 g/mol. The summed E-state index contributed by atoms with van der Waals surface area (Å²) in [5.41, 5.74) is 3.45. The summed E-state index contributed by atoms with van der Waals surface area (Å²) in [5.74, 6) is 0.0323. The van der Waals surface area contributed by atoms with Crippen molar-refractivity contribution < 1.29 is 4.79 Å². The first kappa shape index (κ1) is 16.4. The Kier molecular flexibility index (Phi) is 4.73. The number of hydrogen-bond donors (Lipinski definition) is 1. The van der Waals surface area contributed by atoms with Crippen LogP contribution in [0, 0.1) is 0 Å². The van der Waals surface area contributed by atoms with Crippen LogP contribution in [-0.2, 0) is 6.42 Å². The van der Waals surface area contributed by atoms with Crippen molar-refractivity contribution in [2.24, 2.45) is 0 Å². The Balaban J connectivity index is 1.44. The van der Waals surface area contributed by atoms with Crippen LogP contribution in [0.4, 0.5) is 0 Å². The van der Waals surface area contributed by atoms with Gasteiger partial charge in [0.2, 0.25) is 0 Å². The number of pyridine rings is 2.